The van der Waals surface area contributed by atoms with Gasteiger partial charge in [0.1, 0.15) is 11.9 Å². The van der Waals surface area contributed by atoms with Crippen LogP contribution in [-0.4, -0.2) is 29.9 Å². The number of halogens is 1. The molecule has 4 nitrogen and oxygen atoms in total. The fourth-order valence-electron chi connectivity index (χ4n) is 2.89. The second-order valence-electron chi connectivity index (χ2n) is 5.46. The molecule has 1 atom stereocenters. The van der Waals surface area contributed by atoms with Crippen LogP contribution in [0.1, 0.15) is 21.5 Å². The van der Waals surface area contributed by atoms with Crippen molar-refractivity contribution in [2.24, 2.45) is 0 Å². The summed E-state index contributed by atoms with van der Waals surface area (Å²) in [6.45, 7) is 0.156. The highest BCUT2D eigenvalue weighted by atomic mass is 19.1. The largest absolute Gasteiger partial charge is 0.453 e. The Kier molecular flexibility index (Phi) is 4.10. The van der Waals surface area contributed by atoms with Crippen LogP contribution in [0.3, 0.4) is 0 Å². The van der Waals surface area contributed by atoms with E-state index in [-0.39, 0.29) is 18.1 Å². The van der Waals surface area contributed by atoms with Crippen molar-refractivity contribution >= 4 is 11.9 Å². The standard InChI is InChI=1S/C18H16FNO3/c1-23-18(22)20-11-14-9-15(19)8-7-13(14)10-16(20)17(21)12-5-3-2-4-6-12/h2-9,16H,10-11H2,1H3. The fourth-order valence-corrected chi connectivity index (χ4v) is 2.89. The Morgan fingerprint density at radius 3 is 2.57 bits per heavy atom. The zero-order valence-electron chi connectivity index (χ0n) is 12.7. The van der Waals surface area contributed by atoms with Crippen molar-refractivity contribution in [2.75, 3.05) is 7.11 Å². The lowest BCUT2D eigenvalue weighted by Gasteiger charge is -2.35. The van der Waals surface area contributed by atoms with E-state index < -0.39 is 12.1 Å². The SMILES string of the molecule is COC(=O)N1Cc2cc(F)ccc2CC1C(=O)c1ccccc1. The number of hydrogen-bond donors (Lipinski definition) is 0. The molecule has 1 aliphatic heterocycles. The number of carbonyl (C=O) groups is 2. The van der Waals surface area contributed by atoms with Gasteiger partial charge in [0.2, 0.25) is 0 Å². The first-order valence-electron chi connectivity index (χ1n) is 7.31. The molecule has 0 fully saturated rings. The van der Waals surface area contributed by atoms with Crippen LogP contribution in [-0.2, 0) is 17.7 Å². The van der Waals surface area contributed by atoms with E-state index in [2.05, 4.69) is 0 Å². The van der Waals surface area contributed by atoms with E-state index in [1.165, 1.54) is 24.1 Å². The number of Topliss-reactive ketones (excluding diaryl/α,β-unsaturated/α-hetero) is 1. The first-order chi connectivity index (χ1) is 11.1. The van der Waals surface area contributed by atoms with Gasteiger partial charge < -0.3 is 4.74 Å². The lowest BCUT2D eigenvalue weighted by atomic mass is 9.89. The molecule has 0 saturated heterocycles. The van der Waals surface area contributed by atoms with Crippen LogP contribution < -0.4 is 0 Å². The number of hydrogen-bond acceptors (Lipinski definition) is 3. The van der Waals surface area contributed by atoms with Crippen LogP contribution >= 0.6 is 0 Å². The first kappa shape index (κ1) is 15.2. The van der Waals surface area contributed by atoms with Gasteiger partial charge in [-0.05, 0) is 23.3 Å². The summed E-state index contributed by atoms with van der Waals surface area (Å²) in [7, 11) is 1.27. The molecule has 3 rings (SSSR count). The molecule has 2 aromatic rings. The summed E-state index contributed by atoms with van der Waals surface area (Å²) in [5.74, 6) is -0.507. The monoisotopic (exact) mass is 313 g/mol. The Balaban J connectivity index is 1.98. The maximum atomic E-state index is 13.4. The predicted molar refractivity (Wildman–Crippen MR) is 82.6 cm³/mol. The molecule has 0 saturated carbocycles. The highest BCUT2D eigenvalue weighted by molar-refractivity contribution is 6.01. The van der Waals surface area contributed by atoms with E-state index in [9.17, 15) is 14.0 Å². The minimum atomic E-state index is -0.650. The van der Waals surface area contributed by atoms with Crippen LogP contribution in [0.5, 0.6) is 0 Å². The summed E-state index contributed by atoms with van der Waals surface area (Å²) >= 11 is 0. The number of amides is 1. The minimum absolute atomic E-state index is 0.147. The number of ether oxygens (including phenoxy) is 1. The van der Waals surface area contributed by atoms with Gasteiger partial charge in [-0.2, -0.15) is 0 Å². The third-order valence-electron chi connectivity index (χ3n) is 4.07. The number of benzene rings is 2. The number of methoxy groups -OCH3 is 1. The number of carbonyl (C=O) groups excluding carboxylic acids is 2. The third-order valence-corrected chi connectivity index (χ3v) is 4.07. The number of nitrogens with zero attached hydrogens (tertiary/aromatic N) is 1. The van der Waals surface area contributed by atoms with Crippen molar-refractivity contribution in [1.82, 2.24) is 4.90 Å². The Labute approximate surface area is 133 Å². The van der Waals surface area contributed by atoms with Gasteiger partial charge in [-0.1, -0.05) is 36.4 Å². The molecule has 2 aromatic carbocycles. The molecule has 23 heavy (non-hydrogen) atoms. The average Bonchev–Trinajstić information content (AvgIpc) is 2.60. The van der Waals surface area contributed by atoms with Gasteiger partial charge >= 0.3 is 6.09 Å². The summed E-state index contributed by atoms with van der Waals surface area (Å²) in [5.41, 5.74) is 2.12. The lowest BCUT2D eigenvalue weighted by Crippen LogP contribution is -2.48. The molecule has 0 aliphatic carbocycles. The van der Waals surface area contributed by atoms with Crippen molar-refractivity contribution in [3.63, 3.8) is 0 Å². The van der Waals surface area contributed by atoms with Gasteiger partial charge in [0.05, 0.1) is 13.7 Å². The average molecular weight is 313 g/mol. The molecule has 1 aliphatic rings. The molecule has 1 unspecified atom stereocenters. The van der Waals surface area contributed by atoms with E-state index >= 15 is 0 Å². The van der Waals surface area contributed by atoms with Gasteiger partial charge in [-0.25, -0.2) is 9.18 Å². The Morgan fingerprint density at radius 2 is 1.87 bits per heavy atom. The van der Waals surface area contributed by atoms with Crippen LogP contribution in [0.15, 0.2) is 48.5 Å². The Hall–Kier alpha value is -2.69. The molecule has 0 bridgehead atoms. The number of fused-ring (bicyclic) bond motifs is 1. The summed E-state index contributed by atoms with van der Waals surface area (Å²) in [6, 6.07) is 12.6. The zero-order chi connectivity index (χ0) is 16.4. The van der Waals surface area contributed by atoms with Crippen molar-refractivity contribution in [1.29, 1.82) is 0 Å². The fraction of sp³-hybridized carbons (Fsp3) is 0.222. The second-order valence-corrected chi connectivity index (χ2v) is 5.46. The maximum Gasteiger partial charge on any atom is 0.410 e. The van der Waals surface area contributed by atoms with Crippen LogP contribution in [0.25, 0.3) is 0 Å². The highest BCUT2D eigenvalue weighted by Crippen LogP contribution is 2.26. The normalized spacial score (nSPS) is 16.6. The molecule has 0 radical (unpaired) electrons. The van der Waals surface area contributed by atoms with E-state index in [1.54, 1.807) is 30.3 Å². The van der Waals surface area contributed by atoms with Crippen LogP contribution in [0, 0.1) is 5.82 Å². The van der Waals surface area contributed by atoms with Crippen molar-refractivity contribution in [2.45, 2.75) is 19.0 Å². The van der Waals surface area contributed by atoms with Gasteiger partial charge in [-0.3, -0.25) is 9.69 Å². The van der Waals surface area contributed by atoms with Gasteiger partial charge in [0.15, 0.2) is 5.78 Å². The molecular formula is C18H16FNO3. The van der Waals surface area contributed by atoms with Crippen molar-refractivity contribution in [3.8, 4) is 0 Å². The lowest BCUT2D eigenvalue weighted by molar-refractivity contribution is 0.0701. The highest BCUT2D eigenvalue weighted by Gasteiger charge is 2.35. The van der Waals surface area contributed by atoms with Crippen LogP contribution in [0.4, 0.5) is 9.18 Å². The molecule has 0 N–H and O–H groups in total. The van der Waals surface area contributed by atoms with Crippen molar-refractivity contribution < 1.29 is 18.7 Å². The summed E-state index contributed by atoms with van der Waals surface area (Å²) in [5, 5.41) is 0. The van der Waals surface area contributed by atoms with Crippen molar-refractivity contribution in [3.05, 3.63) is 71.0 Å². The molecule has 0 aromatic heterocycles. The first-order valence-corrected chi connectivity index (χ1v) is 7.31. The van der Waals surface area contributed by atoms with Crippen LogP contribution in [0.2, 0.25) is 0 Å². The smallest absolute Gasteiger partial charge is 0.410 e. The quantitative estimate of drug-likeness (QED) is 0.800. The van der Waals surface area contributed by atoms with Gasteiger partial charge in [0, 0.05) is 12.0 Å². The molecule has 1 amide bonds. The van der Waals surface area contributed by atoms with E-state index in [0.29, 0.717) is 17.5 Å². The minimum Gasteiger partial charge on any atom is -0.453 e. The molecule has 118 valence electrons. The van der Waals surface area contributed by atoms with E-state index in [0.717, 1.165) is 5.56 Å². The topological polar surface area (TPSA) is 46.6 Å². The van der Waals surface area contributed by atoms with E-state index in [1.807, 2.05) is 6.07 Å². The number of rotatable bonds is 2. The Morgan fingerprint density at radius 1 is 1.13 bits per heavy atom. The summed E-state index contributed by atoms with van der Waals surface area (Å²) in [4.78, 5) is 26.2. The Bertz CT molecular complexity index is 745. The third kappa shape index (κ3) is 2.95. The number of ketones is 1. The molecular weight excluding hydrogens is 297 g/mol. The van der Waals surface area contributed by atoms with Gasteiger partial charge in [0.25, 0.3) is 0 Å². The van der Waals surface area contributed by atoms with Gasteiger partial charge in [-0.15, -0.1) is 0 Å². The predicted octanol–water partition coefficient (Wildman–Crippen LogP) is 3.20. The zero-order valence-corrected chi connectivity index (χ0v) is 12.7. The second kappa shape index (κ2) is 6.20. The van der Waals surface area contributed by atoms with E-state index in [4.69, 9.17) is 4.74 Å². The summed E-state index contributed by atoms with van der Waals surface area (Å²) in [6.07, 6.45) is -0.243. The molecule has 0 spiro atoms. The molecule has 5 heteroatoms. The summed E-state index contributed by atoms with van der Waals surface area (Å²) < 4.78 is 18.2. The molecule has 1 heterocycles. The maximum absolute atomic E-state index is 13.4.